The highest BCUT2D eigenvalue weighted by molar-refractivity contribution is 7.88. The number of hydrogen-bond donors (Lipinski definition) is 2. The zero-order chi connectivity index (χ0) is 14.7. The predicted molar refractivity (Wildman–Crippen MR) is 73.0 cm³/mol. The van der Waals surface area contributed by atoms with Gasteiger partial charge in [-0.05, 0) is 18.6 Å². The Bertz CT molecular complexity index is 535. The molecule has 1 atom stereocenters. The minimum Gasteiger partial charge on any atom is -0.329 e. The molecule has 0 heterocycles. The highest BCUT2D eigenvalue weighted by Gasteiger charge is 2.30. The Morgan fingerprint density at radius 3 is 2.45 bits per heavy atom. The zero-order valence-corrected chi connectivity index (χ0v) is 12.3. The van der Waals surface area contributed by atoms with Gasteiger partial charge in [-0.15, -0.1) is 12.4 Å². The second kappa shape index (κ2) is 7.26. The summed E-state index contributed by atoms with van der Waals surface area (Å²) in [5, 5.41) is 0. The van der Waals surface area contributed by atoms with E-state index in [-0.39, 0.29) is 24.5 Å². The van der Waals surface area contributed by atoms with Crippen LogP contribution in [0.4, 0.5) is 13.2 Å². The maximum atomic E-state index is 12.5. The van der Waals surface area contributed by atoms with E-state index in [1.54, 1.807) is 6.92 Å². The van der Waals surface area contributed by atoms with E-state index in [2.05, 4.69) is 4.72 Å². The summed E-state index contributed by atoms with van der Waals surface area (Å²) in [6.45, 7) is 1.69. The Balaban J connectivity index is 0.00000361. The average Bonchev–Trinajstić information content (AvgIpc) is 2.26. The lowest BCUT2D eigenvalue weighted by atomic mass is 10.1. The van der Waals surface area contributed by atoms with E-state index in [4.69, 9.17) is 5.73 Å². The van der Waals surface area contributed by atoms with Crippen LogP contribution in [0.3, 0.4) is 0 Å². The second-order valence-electron chi connectivity index (χ2n) is 4.21. The van der Waals surface area contributed by atoms with Gasteiger partial charge in [0.1, 0.15) is 0 Å². The smallest absolute Gasteiger partial charge is 0.329 e. The molecule has 0 unspecified atom stereocenters. The summed E-state index contributed by atoms with van der Waals surface area (Å²) in [7, 11) is -3.71. The van der Waals surface area contributed by atoms with Crippen LogP contribution in [0.25, 0.3) is 0 Å². The summed E-state index contributed by atoms with van der Waals surface area (Å²) in [6, 6.07) is 3.77. The Morgan fingerprint density at radius 2 is 1.95 bits per heavy atom. The molecule has 116 valence electrons. The van der Waals surface area contributed by atoms with E-state index in [1.165, 1.54) is 12.1 Å². The summed E-state index contributed by atoms with van der Waals surface area (Å²) in [5.74, 6) is -0.513. The van der Waals surface area contributed by atoms with E-state index in [0.29, 0.717) is 0 Å². The van der Waals surface area contributed by atoms with E-state index >= 15 is 0 Å². The lowest BCUT2D eigenvalue weighted by Crippen LogP contribution is -2.38. The third-order valence-electron chi connectivity index (χ3n) is 2.35. The number of nitrogens with two attached hydrogens (primary N) is 1. The predicted octanol–water partition coefficient (Wildman–Crippen LogP) is 1.89. The first kappa shape index (κ1) is 19.2. The summed E-state index contributed by atoms with van der Waals surface area (Å²) >= 11 is 0. The van der Waals surface area contributed by atoms with Gasteiger partial charge < -0.3 is 5.73 Å². The number of hydrogen-bond acceptors (Lipinski definition) is 3. The van der Waals surface area contributed by atoms with E-state index in [9.17, 15) is 21.6 Å². The molecule has 0 fully saturated rings. The van der Waals surface area contributed by atoms with Crippen LogP contribution in [0.5, 0.6) is 0 Å². The molecule has 0 aliphatic heterocycles. The van der Waals surface area contributed by atoms with Gasteiger partial charge in [0.25, 0.3) is 0 Å². The summed E-state index contributed by atoms with van der Waals surface area (Å²) in [5.41, 5.74) is 4.49. The summed E-state index contributed by atoms with van der Waals surface area (Å²) < 4.78 is 63.1. The van der Waals surface area contributed by atoms with Crippen molar-refractivity contribution >= 4 is 22.4 Å². The molecule has 1 rings (SSSR count). The highest BCUT2D eigenvalue weighted by Crippen LogP contribution is 2.29. The first-order valence-electron chi connectivity index (χ1n) is 5.50. The first-order chi connectivity index (χ1) is 8.64. The maximum Gasteiger partial charge on any atom is 0.416 e. The van der Waals surface area contributed by atoms with Crippen LogP contribution in [0.2, 0.25) is 0 Å². The van der Waals surface area contributed by atoms with Gasteiger partial charge in [0.05, 0.1) is 11.3 Å². The highest BCUT2D eigenvalue weighted by atomic mass is 35.5. The molecular weight excluding hydrogens is 317 g/mol. The lowest BCUT2D eigenvalue weighted by molar-refractivity contribution is -0.137. The first-order valence-corrected chi connectivity index (χ1v) is 7.15. The third-order valence-corrected chi connectivity index (χ3v) is 3.82. The van der Waals surface area contributed by atoms with Crippen molar-refractivity contribution in [3.63, 3.8) is 0 Å². The van der Waals surface area contributed by atoms with Crippen LogP contribution in [0.15, 0.2) is 24.3 Å². The van der Waals surface area contributed by atoms with Gasteiger partial charge in [-0.3, -0.25) is 0 Å². The van der Waals surface area contributed by atoms with Crippen LogP contribution < -0.4 is 10.5 Å². The van der Waals surface area contributed by atoms with Gasteiger partial charge in [-0.2, -0.15) is 13.2 Å². The van der Waals surface area contributed by atoms with Crippen LogP contribution in [0, 0.1) is 0 Å². The quantitative estimate of drug-likeness (QED) is 0.865. The Morgan fingerprint density at radius 1 is 1.35 bits per heavy atom. The lowest BCUT2D eigenvalue weighted by Gasteiger charge is -2.13. The van der Waals surface area contributed by atoms with Gasteiger partial charge in [0.15, 0.2) is 0 Å². The zero-order valence-electron chi connectivity index (χ0n) is 10.6. The molecule has 0 saturated heterocycles. The molecule has 0 aliphatic rings. The van der Waals surface area contributed by atoms with Gasteiger partial charge in [-0.1, -0.05) is 18.2 Å². The number of sulfonamides is 1. The van der Waals surface area contributed by atoms with Crippen molar-refractivity contribution in [2.45, 2.75) is 24.9 Å². The Hall–Kier alpha value is -0.830. The van der Waals surface area contributed by atoms with E-state index in [1.807, 2.05) is 0 Å². The van der Waals surface area contributed by atoms with Crippen molar-refractivity contribution in [1.82, 2.24) is 4.72 Å². The molecule has 0 amide bonds. The molecule has 0 aromatic heterocycles. The SMILES string of the molecule is C[C@@H](CN)NS(=O)(=O)Cc1cccc(C(F)(F)F)c1.Cl. The molecule has 0 spiro atoms. The molecule has 0 aliphatic carbocycles. The largest absolute Gasteiger partial charge is 0.416 e. The molecule has 0 radical (unpaired) electrons. The fourth-order valence-corrected chi connectivity index (χ4v) is 2.86. The standard InChI is InChI=1S/C11H15F3N2O2S.ClH/c1-8(6-15)16-19(17,18)7-9-3-2-4-10(5-9)11(12,13)14;/h2-5,8,16H,6-7,15H2,1H3;1H/t8-;/m0./s1. The molecular formula is C11H16ClF3N2O2S. The fraction of sp³-hybridized carbons (Fsp3) is 0.455. The van der Waals surface area contributed by atoms with Crippen LogP contribution >= 0.6 is 12.4 Å². The number of nitrogens with one attached hydrogen (secondary N) is 1. The van der Waals surface area contributed by atoms with Crippen molar-refractivity contribution in [3.05, 3.63) is 35.4 Å². The van der Waals surface area contributed by atoms with E-state index < -0.39 is 33.6 Å². The van der Waals surface area contributed by atoms with Crippen molar-refractivity contribution in [2.75, 3.05) is 6.54 Å². The van der Waals surface area contributed by atoms with Gasteiger partial charge in [0.2, 0.25) is 10.0 Å². The van der Waals surface area contributed by atoms with Gasteiger partial charge in [0, 0.05) is 12.6 Å². The summed E-state index contributed by atoms with van der Waals surface area (Å²) in [4.78, 5) is 0. The third kappa shape index (κ3) is 6.08. The topological polar surface area (TPSA) is 72.2 Å². The van der Waals surface area contributed by atoms with Crippen LogP contribution in [0.1, 0.15) is 18.1 Å². The molecule has 9 heteroatoms. The van der Waals surface area contributed by atoms with Crippen LogP contribution in [-0.4, -0.2) is 21.0 Å². The van der Waals surface area contributed by atoms with Crippen molar-refractivity contribution in [3.8, 4) is 0 Å². The normalized spacial score (nSPS) is 13.7. The fourth-order valence-electron chi connectivity index (χ4n) is 1.45. The number of halogens is 4. The van der Waals surface area contributed by atoms with Crippen LogP contribution in [-0.2, 0) is 22.0 Å². The van der Waals surface area contributed by atoms with Crippen molar-refractivity contribution < 1.29 is 21.6 Å². The Labute approximate surface area is 122 Å². The van der Waals surface area contributed by atoms with Gasteiger partial charge in [-0.25, -0.2) is 13.1 Å². The number of alkyl halides is 3. The Kier molecular flexibility index (Phi) is 6.96. The second-order valence-corrected chi connectivity index (χ2v) is 5.97. The monoisotopic (exact) mass is 332 g/mol. The average molecular weight is 333 g/mol. The molecule has 0 bridgehead atoms. The number of rotatable bonds is 5. The molecule has 1 aromatic rings. The van der Waals surface area contributed by atoms with Crippen molar-refractivity contribution in [2.24, 2.45) is 5.73 Å². The maximum absolute atomic E-state index is 12.5. The summed E-state index contributed by atoms with van der Waals surface area (Å²) in [6.07, 6.45) is -4.49. The van der Waals surface area contributed by atoms with E-state index in [0.717, 1.165) is 12.1 Å². The molecule has 3 N–H and O–H groups in total. The molecule has 0 saturated carbocycles. The minimum absolute atomic E-state index is 0. The molecule has 4 nitrogen and oxygen atoms in total. The van der Waals surface area contributed by atoms with Gasteiger partial charge >= 0.3 is 6.18 Å². The molecule has 20 heavy (non-hydrogen) atoms. The minimum atomic E-state index is -4.49. The van der Waals surface area contributed by atoms with Crippen molar-refractivity contribution in [1.29, 1.82) is 0 Å². The molecule has 1 aromatic carbocycles. The number of benzene rings is 1.